The highest BCUT2D eigenvalue weighted by Crippen LogP contribution is 2.14. The van der Waals surface area contributed by atoms with Crippen molar-refractivity contribution in [3.63, 3.8) is 0 Å². The van der Waals surface area contributed by atoms with Crippen molar-refractivity contribution in [3.05, 3.63) is 89.5 Å². The number of nitrogens with one attached hydrogen (secondary N) is 1. The van der Waals surface area contributed by atoms with Crippen LogP contribution < -0.4 is 5.32 Å². The smallest absolute Gasteiger partial charge is 0.338 e. The molecule has 0 aliphatic heterocycles. The molecule has 1 atom stereocenters. The van der Waals surface area contributed by atoms with Crippen molar-refractivity contribution in [1.29, 1.82) is 0 Å². The molecule has 0 saturated heterocycles. The minimum atomic E-state index is -0.921. The van der Waals surface area contributed by atoms with Crippen molar-refractivity contribution in [2.45, 2.75) is 26.5 Å². The van der Waals surface area contributed by atoms with Crippen LogP contribution in [0.5, 0.6) is 0 Å². The van der Waals surface area contributed by atoms with E-state index in [0.29, 0.717) is 17.8 Å². The second-order valence-corrected chi connectivity index (χ2v) is 7.34. The van der Waals surface area contributed by atoms with Gasteiger partial charge in [0.05, 0.1) is 17.6 Å². The number of carbonyl (C=O) groups excluding carboxylic acids is 2. The summed E-state index contributed by atoms with van der Waals surface area (Å²) in [6.45, 7) is 4.05. The SMILES string of the molecule is Cc1ccc(NC(=O)[C@@H](C)OC(=O)c2ccc(Cn3nnc4ccccc43)cc2)cc1. The number of para-hydroxylation sites is 1. The molecular formula is C24H22N4O3. The van der Waals surface area contributed by atoms with Crippen LogP contribution in [0.15, 0.2) is 72.8 Å². The van der Waals surface area contributed by atoms with Gasteiger partial charge in [-0.1, -0.05) is 47.2 Å². The minimum Gasteiger partial charge on any atom is -0.449 e. The van der Waals surface area contributed by atoms with E-state index in [2.05, 4.69) is 15.6 Å². The third kappa shape index (κ3) is 4.78. The van der Waals surface area contributed by atoms with Crippen molar-refractivity contribution in [2.24, 2.45) is 0 Å². The monoisotopic (exact) mass is 414 g/mol. The van der Waals surface area contributed by atoms with Crippen LogP contribution in [0.2, 0.25) is 0 Å². The molecule has 7 nitrogen and oxygen atoms in total. The Morgan fingerprint density at radius 3 is 2.45 bits per heavy atom. The highest BCUT2D eigenvalue weighted by Gasteiger charge is 2.19. The van der Waals surface area contributed by atoms with Gasteiger partial charge in [-0.3, -0.25) is 4.79 Å². The number of anilines is 1. The van der Waals surface area contributed by atoms with Crippen LogP contribution in [0, 0.1) is 6.92 Å². The van der Waals surface area contributed by atoms with E-state index in [1.807, 2.05) is 55.5 Å². The van der Waals surface area contributed by atoms with Gasteiger partial charge in [0.15, 0.2) is 6.10 Å². The van der Waals surface area contributed by atoms with Crippen LogP contribution >= 0.6 is 0 Å². The van der Waals surface area contributed by atoms with E-state index in [4.69, 9.17) is 4.74 Å². The zero-order valence-electron chi connectivity index (χ0n) is 17.3. The van der Waals surface area contributed by atoms with Gasteiger partial charge in [0.1, 0.15) is 5.52 Å². The summed E-state index contributed by atoms with van der Waals surface area (Å²) in [5.74, 6) is -0.934. The minimum absolute atomic E-state index is 0.377. The Morgan fingerprint density at radius 1 is 1.00 bits per heavy atom. The van der Waals surface area contributed by atoms with E-state index >= 15 is 0 Å². The number of benzene rings is 3. The molecule has 7 heteroatoms. The molecule has 3 aromatic carbocycles. The first-order valence-electron chi connectivity index (χ1n) is 9.95. The zero-order valence-corrected chi connectivity index (χ0v) is 17.3. The molecule has 1 amide bonds. The molecule has 0 fully saturated rings. The predicted molar refractivity (Wildman–Crippen MR) is 118 cm³/mol. The third-order valence-electron chi connectivity index (χ3n) is 4.91. The molecule has 1 N–H and O–H groups in total. The highest BCUT2D eigenvalue weighted by molar-refractivity contribution is 5.97. The van der Waals surface area contributed by atoms with Crippen molar-refractivity contribution in [3.8, 4) is 0 Å². The van der Waals surface area contributed by atoms with Gasteiger partial charge in [0.25, 0.3) is 5.91 Å². The lowest BCUT2D eigenvalue weighted by molar-refractivity contribution is -0.123. The maximum Gasteiger partial charge on any atom is 0.338 e. The molecule has 0 saturated carbocycles. The summed E-state index contributed by atoms with van der Waals surface area (Å²) in [5, 5.41) is 11.1. The normalized spacial score (nSPS) is 11.8. The number of fused-ring (bicyclic) bond motifs is 1. The number of aryl methyl sites for hydroxylation is 1. The van der Waals surface area contributed by atoms with Gasteiger partial charge in [-0.15, -0.1) is 5.10 Å². The van der Waals surface area contributed by atoms with E-state index in [0.717, 1.165) is 22.2 Å². The first-order valence-corrected chi connectivity index (χ1v) is 9.95. The maximum atomic E-state index is 12.4. The van der Waals surface area contributed by atoms with E-state index in [9.17, 15) is 9.59 Å². The van der Waals surface area contributed by atoms with E-state index < -0.39 is 12.1 Å². The van der Waals surface area contributed by atoms with Gasteiger partial charge in [0, 0.05) is 5.69 Å². The Kier molecular flexibility index (Phi) is 5.75. The second-order valence-electron chi connectivity index (χ2n) is 7.34. The molecule has 0 aliphatic rings. The largest absolute Gasteiger partial charge is 0.449 e. The van der Waals surface area contributed by atoms with Crippen LogP contribution in [0.3, 0.4) is 0 Å². The van der Waals surface area contributed by atoms with E-state index in [1.54, 1.807) is 35.9 Å². The number of aromatic nitrogens is 3. The van der Waals surface area contributed by atoms with E-state index in [1.165, 1.54) is 0 Å². The number of nitrogens with zero attached hydrogens (tertiary/aromatic N) is 3. The molecule has 0 spiro atoms. The molecule has 4 rings (SSSR count). The van der Waals surface area contributed by atoms with Crippen molar-refractivity contribution in [2.75, 3.05) is 5.32 Å². The molecule has 156 valence electrons. The maximum absolute atomic E-state index is 12.4. The summed E-state index contributed by atoms with van der Waals surface area (Å²) in [5.41, 5.74) is 4.88. The topological polar surface area (TPSA) is 86.1 Å². The number of ether oxygens (including phenoxy) is 1. The van der Waals surface area contributed by atoms with E-state index in [-0.39, 0.29) is 5.91 Å². The molecule has 0 aliphatic carbocycles. The van der Waals surface area contributed by atoms with Gasteiger partial charge in [-0.05, 0) is 55.8 Å². The van der Waals surface area contributed by atoms with Crippen molar-refractivity contribution in [1.82, 2.24) is 15.0 Å². The molecule has 31 heavy (non-hydrogen) atoms. The van der Waals surface area contributed by atoms with Crippen LogP contribution in [0.25, 0.3) is 11.0 Å². The molecule has 0 bridgehead atoms. The van der Waals surface area contributed by atoms with Gasteiger partial charge in [0.2, 0.25) is 0 Å². The zero-order chi connectivity index (χ0) is 21.8. The van der Waals surface area contributed by atoms with Crippen LogP contribution in [-0.4, -0.2) is 33.0 Å². The number of rotatable bonds is 6. The molecule has 1 aromatic heterocycles. The van der Waals surface area contributed by atoms with Gasteiger partial charge in [-0.25, -0.2) is 9.48 Å². The summed E-state index contributed by atoms with van der Waals surface area (Å²) < 4.78 is 7.12. The predicted octanol–water partition coefficient (Wildman–Crippen LogP) is 3.97. The number of carbonyl (C=O) groups is 2. The summed E-state index contributed by atoms with van der Waals surface area (Å²) >= 11 is 0. The van der Waals surface area contributed by atoms with Crippen LogP contribution in [0.1, 0.15) is 28.4 Å². The summed E-state index contributed by atoms with van der Waals surface area (Å²) in [7, 11) is 0. The van der Waals surface area contributed by atoms with Crippen LogP contribution in [-0.2, 0) is 16.1 Å². The number of esters is 1. The fourth-order valence-electron chi connectivity index (χ4n) is 3.12. The fraction of sp³-hybridized carbons (Fsp3) is 0.167. The van der Waals surface area contributed by atoms with Gasteiger partial charge in [-0.2, -0.15) is 0 Å². The molecule has 4 aromatic rings. The fourth-order valence-corrected chi connectivity index (χ4v) is 3.12. The quantitative estimate of drug-likeness (QED) is 0.483. The van der Waals surface area contributed by atoms with Gasteiger partial charge < -0.3 is 10.1 Å². The lowest BCUT2D eigenvalue weighted by Crippen LogP contribution is -2.30. The Morgan fingerprint density at radius 2 is 1.71 bits per heavy atom. The number of hydrogen-bond donors (Lipinski definition) is 1. The molecular weight excluding hydrogens is 392 g/mol. The Bertz CT molecular complexity index is 1210. The van der Waals surface area contributed by atoms with Crippen molar-refractivity contribution < 1.29 is 14.3 Å². The number of amides is 1. The molecule has 0 radical (unpaired) electrons. The van der Waals surface area contributed by atoms with Gasteiger partial charge >= 0.3 is 5.97 Å². The first-order chi connectivity index (χ1) is 15.0. The van der Waals surface area contributed by atoms with Crippen LogP contribution in [0.4, 0.5) is 5.69 Å². The summed E-state index contributed by atoms with van der Waals surface area (Å²) in [4.78, 5) is 24.7. The Balaban J connectivity index is 1.36. The molecule has 1 heterocycles. The highest BCUT2D eigenvalue weighted by atomic mass is 16.5. The lowest BCUT2D eigenvalue weighted by atomic mass is 10.1. The lowest BCUT2D eigenvalue weighted by Gasteiger charge is -2.14. The second kappa shape index (κ2) is 8.79. The first kappa shape index (κ1) is 20.3. The Hall–Kier alpha value is -4.00. The standard InChI is InChI=1S/C24H22N4O3/c1-16-7-13-20(14-8-16)25-23(29)17(2)31-24(30)19-11-9-18(10-12-19)15-28-22-6-4-3-5-21(22)26-27-28/h3-14,17H,15H2,1-2H3,(H,25,29)/t17-/m1/s1. The molecule has 0 unspecified atom stereocenters. The number of hydrogen-bond acceptors (Lipinski definition) is 5. The Labute approximate surface area is 179 Å². The summed E-state index contributed by atoms with van der Waals surface area (Å²) in [6, 6.07) is 22.2. The average Bonchev–Trinajstić information content (AvgIpc) is 3.18. The average molecular weight is 414 g/mol. The van der Waals surface area contributed by atoms with Crippen molar-refractivity contribution >= 4 is 28.6 Å². The summed E-state index contributed by atoms with van der Waals surface area (Å²) in [6.07, 6.45) is -0.921. The third-order valence-corrected chi connectivity index (χ3v) is 4.91.